The predicted molar refractivity (Wildman–Crippen MR) is 113 cm³/mol. The molecule has 0 atom stereocenters. The molecule has 0 bridgehead atoms. The van der Waals surface area contributed by atoms with E-state index < -0.39 is 5.82 Å². The van der Waals surface area contributed by atoms with Gasteiger partial charge in [0.15, 0.2) is 4.32 Å². The molecular formula is C21H14FNO2S2. The van der Waals surface area contributed by atoms with Gasteiger partial charge in [0.1, 0.15) is 11.6 Å². The number of nitrogens with zero attached hydrogens (tertiary/aromatic N) is 1. The van der Waals surface area contributed by atoms with E-state index in [0.717, 1.165) is 16.3 Å². The third-order valence-corrected chi connectivity index (χ3v) is 5.59. The fourth-order valence-electron chi connectivity index (χ4n) is 3.04. The van der Waals surface area contributed by atoms with Gasteiger partial charge in [-0.25, -0.2) is 4.39 Å². The van der Waals surface area contributed by atoms with E-state index in [0.29, 0.717) is 20.7 Å². The van der Waals surface area contributed by atoms with Crippen LogP contribution in [0.3, 0.4) is 0 Å². The number of thioether (sulfide) groups is 1. The number of halogens is 1. The molecule has 6 heteroatoms. The number of hydrogen-bond donors (Lipinski definition) is 0. The number of methoxy groups -OCH3 is 1. The Kier molecular flexibility index (Phi) is 4.68. The summed E-state index contributed by atoms with van der Waals surface area (Å²) < 4.78 is 19.4. The van der Waals surface area contributed by atoms with Crippen molar-refractivity contribution in [1.82, 2.24) is 0 Å². The average Bonchev–Trinajstić information content (AvgIpc) is 2.95. The smallest absolute Gasteiger partial charge is 0.270 e. The molecule has 1 aliphatic rings. The van der Waals surface area contributed by atoms with Crippen molar-refractivity contribution in [2.75, 3.05) is 12.0 Å². The molecule has 0 spiro atoms. The van der Waals surface area contributed by atoms with Crippen LogP contribution in [0.1, 0.15) is 5.56 Å². The van der Waals surface area contributed by atoms with Gasteiger partial charge in [-0.2, -0.15) is 0 Å². The molecule has 1 saturated heterocycles. The lowest BCUT2D eigenvalue weighted by Crippen LogP contribution is -2.27. The molecule has 0 aliphatic carbocycles. The lowest BCUT2D eigenvalue weighted by atomic mass is 10.0. The van der Waals surface area contributed by atoms with Crippen molar-refractivity contribution in [3.8, 4) is 5.75 Å². The molecule has 0 N–H and O–H groups in total. The number of amides is 1. The zero-order valence-electron chi connectivity index (χ0n) is 14.3. The fraction of sp³-hybridized carbons (Fsp3) is 0.0476. The lowest BCUT2D eigenvalue weighted by Gasteiger charge is -2.14. The molecule has 1 heterocycles. The second-order valence-electron chi connectivity index (χ2n) is 5.90. The van der Waals surface area contributed by atoms with Crippen LogP contribution >= 0.6 is 24.0 Å². The quantitative estimate of drug-likeness (QED) is 0.439. The van der Waals surface area contributed by atoms with Crippen molar-refractivity contribution in [3.05, 3.63) is 76.9 Å². The van der Waals surface area contributed by atoms with E-state index in [4.69, 9.17) is 17.0 Å². The van der Waals surface area contributed by atoms with Gasteiger partial charge in [0.2, 0.25) is 0 Å². The van der Waals surface area contributed by atoms with Gasteiger partial charge >= 0.3 is 0 Å². The van der Waals surface area contributed by atoms with Crippen LogP contribution in [0.2, 0.25) is 0 Å². The van der Waals surface area contributed by atoms with Gasteiger partial charge < -0.3 is 4.74 Å². The molecule has 0 aromatic heterocycles. The maximum Gasteiger partial charge on any atom is 0.270 e. The van der Waals surface area contributed by atoms with Gasteiger partial charge in [0.05, 0.1) is 17.7 Å². The summed E-state index contributed by atoms with van der Waals surface area (Å²) in [6, 6.07) is 17.6. The van der Waals surface area contributed by atoms with E-state index in [1.54, 1.807) is 25.3 Å². The van der Waals surface area contributed by atoms with Gasteiger partial charge in [-0.05, 0) is 41.1 Å². The standard InChI is InChI=1S/C21H14FNO2S2/c1-25-18-10-9-13-5-2-3-8-16(13)17(18)12-19-20(24)23(21(26)27-19)15-7-4-6-14(22)11-15/h2-12H,1H3/b19-12+. The number of rotatable bonds is 3. The van der Waals surface area contributed by atoms with Gasteiger partial charge in [-0.3, -0.25) is 9.69 Å². The third-order valence-electron chi connectivity index (χ3n) is 4.29. The first kappa shape index (κ1) is 17.7. The molecule has 0 unspecified atom stereocenters. The first-order valence-corrected chi connectivity index (χ1v) is 9.40. The minimum atomic E-state index is -0.416. The predicted octanol–water partition coefficient (Wildman–Crippen LogP) is 5.39. The summed E-state index contributed by atoms with van der Waals surface area (Å²) >= 11 is 6.56. The molecule has 3 nitrogen and oxygen atoms in total. The molecule has 27 heavy (non-hydrogen) atoms. The van der Waals surface area contributed by atoms with Gasteiger partial charge in [-0.1, -0.05) is 60.4 Å². The van der Waals surface area contributed by atoms with Gasteiger partial charge in [0, 0.05) is 5.56 Å². The number of hydrogen-bond acceptors (Lipinski definition) is 4. The van der Waals surface area contributed by atoms with E-state index in [9.17, 15) is 9.18 Å². The van der Waals surface area contributed by atoms with E-state index in [-0.39, 0.29) is 5.91 Å². The van der Waals surface area contributed by atoms with Gasteiger partial charge in [0.25, 0.3) is 5.91 Å². The minimum Gasteiger partial charge on any atom is -0.496 e. The normalized spacial score (nSPS) is 15.8. The first-order chi connectivity index (χ1) is 13.1. The monoisotopic (exact) mass is 395 g/mol. The van der Waals surface area contributed by atoms with Crippen LogP contribution in [0.15, 0.2) is 65.6 Å². The maximum absolute atomic E-state index is 13.6. The van der Waals surface area contributed by atoms with Crippen LogP contribution in [-0.4, -0.2) is 17.3 Å². The SMILES string of the molecule is COc1ccc2ccccc2c1/C=C1/SC(=S)N(c2cccc(F)c2)C1=O. The Labute approximate surface area is 165 Å². The highest BCUT2D eigenvalue weighted by Crippen LogP contribution is 2.38. The number of anilines is 1. The number of benzene rings is 3. The van der Waals surface area contributed by atoms with Crippen LogP contribution in [-0.2, 0) is 4.79 Å². The Balaban J connectivity index is 1.81. The Morgan fingerprint density at radius 1 is 1.11 bits per heavy atom. The average molecular weight is 395 g/mol. The second-order valence-corrected chi connectivity index (χ2v) is 7.58. The number of carbonyl (C=O) groups is 1. The van der Waals surface area contributed by atoms with Crippen LogP contribution in [0.25, 0.3) is 16.8 Å². The highest BCUT2D eigenvalue weighted by atomic mass is 32.2. The van der Waals surface area contributed by atoms with Crippen molar-refractivity contribution in [2.45, 2.75) is 0 Å². The van der Waals surface area contributed by atoms with Gasteiger partial charge in [-0.15, -0.1) is 0 Å². The topological polar surface area (TPSA) is 29.5 Å². The summed E-state index contributed by atoms with van der Waals surface area (Å²) in [5.41, 5.74) is 1.24. The Hall–Kier alpha value is -2.70. The number of carbonyl (C=O) groups excluding carboxylic acids is 1. The lowest BCUT2D eigenvalue weighted by molar-refractivity contribution is -0.113. The molecule has 134 valence electrons. The van der Waals surface area contributed by atoms with E-state index in [1.165, 1.54) is 28.8 Å². The summed E-state index contributed by atoms with van der Waals surface area (Å²) in [7, 11) is 1.60. The second kappa shape index (κ2) is 7.13. The van der Waals surface area contributed by atoms with E-state index >= 15 is 0 Å². The van der Waals surface area contributed by atoms with Crippen molar-refractivity contribution in [3.63, 3.8) is 0 Å². The summed E-state index contributed by atoms with van der Waals surface area (Å²) in [6.45, 7) is 0. The highest BCUT2D eigenvalue weighted by molar-refractivity contribution is 8.27. The first-order valence-electron chi connectivity index (χ1n) is 8.18. The molecule has 1 aliphatic heterocycles. The van der Waals surface area contributed by atoms with Crippen LogP contribution in [0.5, 0.6) is 5.75 Å². The van der Waals surface area contributed by atoms with Crippen LogP contribution in [0, 0.1) is 5.82 Å². The van der Waals surface area contributed by atoms with E-state index in [2.05, 4.69) is 0 Å². The number of thiocarbonyl (C=S) groups is 1. The molecule has 3 aromatic rings. The highest BCUT2D eigenvalue weighted by Gasteiger charge is 2.33. The Morgan fingerprint density at radius 2 is 1.93 bits per heavy atom. The summed E-state index contributed by atoms with van der Waals surface area (Å²) in [5, 5.41) is 2.03. The van der Waals surface area contributed by atoms with Crippen molar-refractivity contribution in [2.24, 2.45) is 0 Å². The molecule has 0 radical (unpaired) electrons. The zero-order valence-corrected chi connectivity index (χ0v) is 15.9. The zero-order chi connectivity index (χ0) is 19.0. The van der Waals surface area contributed by atoms with Crippen molar-refractivity contribution in [1.29, 1.82) is 0 Å². The third kappa shape index (κ3) is 3.22. The summed E-state index contributed by atoms with van der Waals surface area (Å²) in [4.78, 5) is 14.8. The summed E-state index contributed by atoms with van der Waals surface area (Å²) in [6.07, 6.45) is 1.79. The molecule has 1 amide bonds. The Morgan fingerprint density at radius 3 is 2.70 bits per heavy atom. The number of fused-ring (bicyclic) bond motifs is 1. The van der Waals surface area contributed by atoms with Crippen molar-refractivity contribution >= 4 is 56.7 Å². The molecule has 1 fully saturated rings. The van der Waals surface area contributed by atoms with Crippen LogP contribution < -0.4 is 9.64 Å². The fourth-order valence-corrected chi connectivity index (χ4v) is 4.32. The van der Waals surface area contributed by atoms with Crippen molar-refractivity contribution < 1.29 is 13.9 Å². The number of ether oxygens (including phenoxy) is 1. The molecule has 3 aromatic carbocycles. The Bertz CT molecular complexity index is 1110. The minimum absolute atomic E-state index is 0.273. The molecule has 0 saturated carbocycles. The van der Waals surface area contributed by atoms with Crippen LogP contribution in [0.4, 0.5) is 10.1 Å². The van der Waals surface area contributed by atoms with E-state index in [1.807, 2.05) is 36.4 Å². The molecule has 4 rings (SSSR count). The largest absolute Gasteiger partial charge is 0.496 e. The maximum atomic E-state index is 13.6. The molecular weight excluding hydrogens is 381 g/mol. The summed E-state index contributed by atoms with van der Waals surface area (Å²) in [5.74, 6) is -0.0171.